The molecular formula is C32H32F2N6O4S. The fourth-order valence-corrected chi connectivity index (χ4v) is 7.28. The number of aryl methyl sites for hydroxylation is 1. The van der Waals surface area contributed by atoms with Crippen LogP contribution in [0.5, 0.6) is 11.6 Å². The lowest BCUT2D eigenvalue weighted by molar-refractivity contribution is 0.103. The van der Waals surface area contributed by atoms with Crippen molar-refractivity contribution >= 4 is 38.2 Å². The van der Waals surface area contributed by atoms with Crippen molar-refractivity contribution in [1.29, 1.82) is 0 Å². The van der Waals surface area contributed by atoms with Crippen LogP contribution < -0.4 is 15.2 Å². The van der Waals surface area contributed by atoms with Gasteiger partial charge in [0.15, 0.2) is 11.6 Å². The van der Waals surface area contributed by atoms with Crippen molar-refractivity contribution in [2.45, 2.75) is 57.6 Å². The minimum atomic E-state index is -3.55. The second-order valence-electron chi connectivity index (χ2n) is 11.6. The van der Waals surface area contributed by atoms with Gasteiger partial charge in [0.2, 0.25) is 27.4 Å². The molecule has 0 spiro atoms. The van der Waals surface area contributed by atoms with Crippen LogP contribution in [0.15, 0.2) is 54.9 Å². The van der Waals surface area contributed by atoms with E-state index in [2.05, 4.69) is 19.8 Å². The van der Waals surface area contributed by atoms with E-state index in [9.17, 15) is 22.0 Å². The highest BCUT2D eigenvalue weighted by Gasteiger charge is 2.30. The number of fused-ring (bicyclic) bond motifs is 1. The molecule has 1 fully saturated rings. The van der Waals surface area contributed by atoms with Crippen molar-refractivity contribution < 1.29 is 26.7 Å². The van der Waals surface area contributed by atoms with Crippen molar-refractivity contribution in [3.63, 3.8) is 0 Å². The maximum absolute atomic E-state index is 14.0. The number of aromatic amines is 1. The number of halogens is 2. The van der Waals surface area contributed by atoms with Crippen LogP contribution in [0.2, 0.25) is 0 Å². The molecule has 0 bridgehead atoms. The number of nitrogens with one attached hydrogen (secondary N) is 2. The number of hydrogen-bond acceptors (Lipinski definition) is 7. The molecule has 3 aromatic heterocycles. The maximum atomic E-state index is 14.0. The zero-order valence-corrected chi connectivity index (χ0v) is 25.7. The number of H-pyrrole nitrogens is 1. The number of rotatable bonds is 9. The van der Waals surface area contributed by atoms with Crippen LogP contribution in [0.3, 0.4) is 0 Å². The van der Waals surface area contributed by atoms with Gasteiger partial charge in [-0.15, -0.1) is 0 Å². The zero-order valence-electron chi connectivity index (χ0n) is 24.9. The van der Waals surface area contributed by atoms with Crippen LogP contribution in [-0.2, 0) is 10.0 Å². The molecule has 2 aromatic carbocycles. The number of benzene rings is 2. The Hall–Kier alpha value is -4.78. The van der Waals surface area contributed by atoms with Gasteiger partial charge in [0.05, 0.1) is 40.3 Å². The maximum Gasteiger partial charge on any atom is 0.235 e. The van der Waals surface area contributed by atoms with Crippen molar-refractivity contribution in [1.82, 2.24) is 19.7 Å². The Morgan fingerprint density at radius 3 is 2.49 bits per heavy atom. The van der Waals surface area contributed by atoms with Gasteiger partial charge >= 0.3 is 0 Å². The summed E-state index contributed by atoms with van der Waals surface area (Å²) in [6.07, 6.45) is 5.82. The summed E-state index contributed by atoms with van der Waals surface area (Å²) in [6.45, 7) is 5.68. The quantitative estimate of drug-likeness (QED) is 0.152. The average molecular weight is 635 g/mol. The van der Waals surface area contributed by atoms with E-state index in [1.807, 2.05) is 19.9 Å². The molecule has 1 aliphatic rings. The van der Waals surface area contributed by atoms with E-state index in [1.165, 1.54) is 29.2 Å². The first-order valence-electron chi connectivity index (χ1n) is 14.6. The molecule has 0 amide bonds. The molecule has 1 aliphatic carbocycles. The van der Waals surface area contributed by atoms with Gasteiger partial charge in [0, 0.05) is 17.0 Å². The normalized spacial score (nSPS) is 14.0. The summed E-state index contributed by atoms with van der Waals surface area (Å²) in [4.78, 5) is 20.9. The number of carbonyl (C=O) groups is 1. The van der Waals surface area contributed by atoms with Gasteiger partial charge in [-0.25, -0.2) is 26.9 Å². The van der Waals surface area contributed by atoms with Gasteiger partial charge < -0.3 is 15.5 Å². The van der Waals surface area contributed by atoms with Gasteiger partial charge in [-0.05, 0) is 67.1 Å². The summed E-state index contributed by atoms with van der Waals surface area (Å²) in [7, 11) is -3.55. The predicted octanol–water partition coefficient (Wildman–Crippen LogP) is 6.75. The molecule has 13 heteroatoms. The molecule has 234 valence electrons. The first kappa shape index (κ1) is 30.3. The number of nitrogens with two attached hydrogens (primary N) is 1. The molecule has 0 aliphatic heterocycles. The molecule has 3 heterocycles. The van der Waals surface area contributed by atoms with Crippen LogP contribution in [0, 0.1) is 18.6 Å². The third kappa shape index (κ3) is 5.75. The fraction of sp³-hybridized carbons (Fsp3) is 0.281. The summed E-state index contributed by atoms with van der Waals surface area (Å²) in [5.41, 5.74) is 9.70. The van der Waals surface area contributed by atoms with Crippen LogP contribution >= 0.6 is 0 Å². The molecule has 45 heavy (non-hydrogen) atoms. The highest BCUT2D eigenvalue weighted by molar-refractivity contribution is 7.93. The predicted molar refractivity (Wildman–Crippen MR) is 168 cm³/mol. The van der Waals surface area contributed by atoms with Crippen LogP contribution in [-0.4, -0.2) is 39.2 Å². The lowest BCUT2D eigenvalue weighted by atomic mass is 9.99. The van der Waals surface area contributed by atoms with E-state index in [-0.39, 0.29) is 28.9 Å². The van der Waals surface area contributed by atoms with Crippen molar-refractivity contribution in [2.24, 2.45) is 0 Å². The standard InChI is InChI=1S/C32H32F2N6O4S/c1-17(2)21-12-19-13-27(38-25(19)14-26(21)39-45(42,43)20-7-4-5-8-20)30(41)22-15-37-40(32(22)35)28-16-36-29(11-18(28)3)44-31-23(33)9-6-10-24(31)34/h6,9-17,20,38-39H,4-5,7-8,35H2,1-3H3. The van der Waals surface area contributed by atoms with E-state index < -0.39 is 38.4 Å². The summed E-state index contributed by atoms with van der Waals surface area (Å²) >= 11 is 0. The summed E-state index contributed by atoms with van der Waals surface area (Å²) in [5.74, 6) is -2.65. The lowest BCUT2D eigenvalue weighted by Gasteiger charge is -2.18. The Morgan fingerprint density at radius 1 is 1.11 bits per heavy atom. The number of ketones is 1. The largest absolute Gasteiger partial charge is 0.433 e. The van der Waals surface area contributed by atoms with E-state index >= 15 is 0 Å². The fourth-order valence-electron chi connectivity index (χ4n) is 5.68. The molecule has 5 aromatic rings. The Kier molecular flexibility index (Phi) is 7.81. The van der Waals surface area contributed by atoms with E-state index in [0.717, 1.165) is 35.9 Å². The molecule has 0 radical (unpaired) electrons. The van der Waals surface area contributed by atoms with Gasteiger partial charge in [0.25, 0.3) is 0 Å². The van der Waals surface area contributed by atoms with Gasteiger partial charge in [-0.1, -0.05) is 32.8 Å². The minimum absolute atomic E-state index is 0.0259. The number of hydrogen-bond donors (Lipinski definition) is 3. The third-order valence-corrected chi connectivity index (χ3v) is 9.97. The topological polar surface area (TPSA) is 145 Å². The van der Waals surface area contributed by atoms with Crippen molar-refractivity contribution in [3.8, 4) is 17.3 Å². The highest BCUT2D eigenvalue weighted by Crippen LogP contribution is 2.34. The van der Waals surface area contributed by atoms with Crippen LogP contribution in [0.1, 0.15) is 72.6 Å². The molecule has 0 unspecified atom stereocenters. The number of pyridine rings is 1. The monoisotopic (exact) mass is 634 g/mol. The number of anilines is 2. The zero-order chi connectivity index (χ0) is 32.0. The first-order valence-corrected chi connectivity index (χ1v) is 16.1. The number of aromatic nitrogens is 4. The number of nitrogens with zero attached hydrogens (tertiary/aromatic N) is 3. The first-order chi connectivity index (χ1) is 21.4. The van der Waals surface area contributed by atoms with E-state index in [4.69, 9.17) is 10.5 Å². The number of carbonyl (C=O) groups excluding carboxylic acids is 1. The van der Waals surface area contributed by atoms with E-state index in [0.29, 0.717) is 35.3 Å². The molecule has 0 saturated heterocycles. The van der Waals surface area contributed by atoms with E-state index in [1.54, 1.807) is 19.1 Å². The molecule has 4 N–H and O–H groups in total. The summed E-state index contributed by atoms with van der Waals surface area (Å²) < 4.78 is 63.7. The molecule has 10 nitrogen and oxygen atoms in total. The third-order valence-electron chi connectivity index (χ3n) is 8.11. The lowest BCUT2D eigenvalue weighted by Crippen LogP contribution is -2.25. The smallest absolute Gasteiger partial charge is 0.235 e. The number of nitrogen functional groups attached to an aromatic ring is 1. The van der Waals surface area contributed by atoms with Crippen LogP contribution in [0.25, 0.3) is 16.6 Å². The molecule has 6 rings (SSSR count). The SMILES string of the molecule is Cc1cc(Oc2c(F)cccc2F)ncc1-n1ncc(C(=O)c2cc3cc(C(C)C)c(NS(=O)(=O)C4CCCC4)cc3[nH]2)c1N. The molecule has 0 atom stereocenters. The second-order valence-corrected chi connectivity index (χ2v) is 13.5. The Bertz CT molecular complexity index is 2030. The molecular weight excluding hydrogens is 602 g/mol. The van der Waals surface area contributed by atoms with Gasteiger partial charge in [-0.2, -0.15) is 5.10 Å². The minimum Gasteiger partial charge on any atom is -0.433 e. The number of sulfonamides is 1. The Labute approximate surface area is 258 Å². The van der Waals surface area contributed by atoms with Gasteiger partial charge in [0.1, 0.15) is 5.82 Å². The highest BCUT2D eigenvalue weighted by atomic mass is 32.2. The van der Waals surface area contributed by atoms with Crippen molar-refractivity contribution in [3.05, 3.63) is 88.9 Å². The summed E-state index contributed by atoms with van der Waals surface area (Å²) in [6, 6.07) is 10.2. The summed E-state index contributed by atoms with van der Waals surface area (Å²) in [5, 5.41) is 4.64. The van der Waals surface area contributed by atoms with Crippen molar-refractivity contribution in [2.75, 3.05) is 10.5 Å². The van der Waals surface area contributed by atoms with Crippen LogP contribution in [0.4, 0.5) is 20.3 Å². The Morgan fingerprint density at radius 2 is 1.82 bits per heavy atom. The number of para-hydroxylation sites is 1. The Balaban J connectivity index is 1.28. The number of ether oxygens (including phenoxy) is 1. The molecule has 1 saturated carbocycles. The van der Waals surface area contributed by atoms with Gasteiger partial charge in [-0.3, -0.25) is 9.52 Å². The average Bonchev–Trinajstić information content (AvgIpc) is 3.75. The second kappa shape index (κ2) is 11.6.